The Labute approximate surface area is 204 Å². The first kappa shape index (κ1) is 23.6. The van der Waals surface area contributed by atoms with Gasteiger partial charge in [0.25, 0.3) is 0 Å². The Morgan fingerprint density at radius 2 is 1.70 bits per heavy atom. The van der Waals surface area contributed by atoms with Crippen molar-refractivity contribution in [3.63, 3.8) is 0 Å². The number of rotatable bonds is 9. The van der Waals surface area contributed by atoms with Gasteiger partial charge in [0.15, 0.2) is 0 Å². The van der Waals surface area contributed by atoms with Crippen molar-refractivity contribution in [2.45, 2.75) is 57.8 Å². The van der Waals surface area contributed by atoms with Gasteiger partial charge in [-0.1, -0.05) is 56.0 Å². The summed E-state index contributed by atoms with van der Waals surface area (Å²) in [7, 11) is 0. The molecule has 0 aromatic heterocycles. The van der Waals surface area contributed by atoms with Crippen LogP contribution in [0.1, 0.15) is 54.4 Å². The minimum Gasteiger partial charge on any atom is -0.253 e. The molecular weight excluding hydrogens is 418 g/mol. The highest BCUT2D eigenvalue weighted by atomic mass is 32.2. The van der Waals surface area contributed by atoms with Crippen LogP contribution in [0.3, 0.4) is 0 Å². The maximum absolute atomic E-state index is 5.16. The molecule has 0 spiro atoms. The van der Waals surface area contributed by atoms with Crippen LogP contribution >= 0.6 is 11.8 Å². The average molecular weight is 454 g/mol. The lowest BCUT2D eigenvalue weighted by Crippen LogP contribution is -2.09. The molecule has 1 unspecified atom stereocenters. The summed E-state index contributed by atoms with van der Waals surface area (Å²) in [5, 5.41) is 0. The van der Waals surface area contributed by atoms with Gasteiger partial charge >= 0.3 is 0 Å². The van der Waals surface area contributed by atoms with Crippen molar-refractivity contribution in [3.8, 4) is 11.1 Å². The Hall–Kier alpha value is -2.58. The van der Waals surface area contributed by atoms with Crippen molar-refractivity contribution >= 4 is 23.2 Å². The second-order valence-corrected chi connectivity index (χ2v) is 10.4. The summed E-state index contributed by atoms with van der Waals surface area (Å²) in [5.41, 5.74) is 9.69. The normalized spacial score (nSPS) is 14.8. The van der Waals surface area contributed by atoms with E-state index in [2.05, 4.69) is 94.9 Å². The third kappa shape index (κ3) is 5.68. The van der Waals surface area contributed by atoms with Crippen molar-refractivity contribution < 1.29 is 0 Å². The number of aliphatic imine (C=N–C) groups is 1. The zero-order chi connectivity index (χ0) is 23.4. The molecule has 3 aromatic carbocycles. The first-order valence-corrected chi connectivity index (χ1v) is 13.1. The number of aryl methyl sites for hydroxylation is 3. The fourth-order valence-corrected chi connectivity index (χ4v) is 5.53. The molecular formula is C31H35NS. The number of nitrogens with zero attached hydrogens (tertiary/aromatic N) is 1. The lowest BCUT2D eigenvalue weighted by molar-refractivity contribution is 0.845. The molecule has 0 bridgehead atoms. The second-order valence-electron chi connectivity index (χ2n) is 9.29. The van der Waals surface area contributed by atoms with Crippen LogP contribution in [0, 0.1) is 26.7 Å². The maximum Gasteiger partial charge on any atom is 0.0668 e. The van der Waals surface area contributed by atoms with Gasteiger partial charge in [-0.05, 0) is 104 Å². The van der Waals surface area contributed by atoms with Gasteiger partial charge in [-0.2, -0.15) is 0 Å². The smallest absolute Gasteiger partial charge is 0.0668 e. The maximum atomic E-state index is 5.16. The standard InChI is InChI=1S/C31H35NS/c1-6-27(25-14-16-26(17-15-25)33-20-24-12-13-24)30(7-2)32-31-19-29(22(4)18-23(31)5)28-11-9-8-10-21(28)3/h7-11,14-19,24,27H,2,6,12-13,20H2,1,3-5H3. The molecule has 0 amide bonds. The zero-order valence-corrected chi connectivity index (χ0v) is 21.2. The molecule has 1 aliphatic carbocycles. The zero-order valence-electron chi connectivity index (χ0n) is 20.4. The molecule has 1 atom stereocenters. The fraction of sp³-hybridized carbons (Fsp3) is 0.323. The molecule has 0 heterocycles. The molecule has 0 N–H and O–H groups in total. The van der Waals surface area contributed by atoms with E-state index in [0.717, 1.165) is 23.7 Å². The highest BCUT2D eigenvalue weighted by molar-refractivity contribution is 7.99. The van der Waals surface area contributed by atoms with Crippen molar-refractivity contribution in [1.82, 2.24) is 0 Å². The SMILES string of the molecule is C=CC(=Nc1cc(-c2ccccc2C)c(C)cc1C)C(CC)c1ccc(SCC2CC2)cc1. The van der Waals surface area contributed by atoms with Crippen LogP contribution in [0.2, 0.25) is 0 Å². The minimum atomic E-state index is 0.243. The third-order valence-electron chi connectivity index (χ3n) is 6.67. The number of allylic oxidation sites excluding steroid dienone is 1. The van der Waals surface area contributed by atoms with Crippen molar-refractivity contribution in [3.05, 3.63) is 95.6 Å². The number of hydrogen-bond acceptors (Lipinski definition) is 2. The molecule has 33 heavy (non-hydrogen) atoms. The van der Waals surface area contributed by atoms with Crippen LogP contribution < -0.4 is 0 Å². The van der Waals surface area contributed by atoms with E-state index in [4.69, 9.17) is 4.99 Å². The fourth-order valence-electron chi connectivity index (χ4n) is 4.44. The first-order valence-electron chi connectivity index (χ1n) is 12.1. The van der Waals surface area contributed by atoms with Crippen molar-refractivity contribution in [2.75, 3.05) is 5.75 Å². The van der Waals surface area contributed by atoms with Gasteiger partial charge in [-0.25, -0.2) is 0 Å². The lowest BCUT2D eigenvalue weighted by Gasteiger charge is -2.18. The molecule has 0 saturated heterocycles. The van der Waals surface area contributed by atoms with Gasteiger partial charge in [-0.3, -0.25) is 4.99 Å². The van der Waals surface area contributed by atoms with Gasteiger partial charge in [-0.15, -0.1) is 11.8 Å². The van der Waals surface area contributed by atoms with Crippen LogP contribution in [0.25, 0.3) is 11.1 Å². The van der Waals surface area contributed by atoms with Crippen LogP contribution in [0.4, 0.5) is 5.69 Å². The van der Waals surface area contributed by atoms with Crippen molar-refractivity contribution in [2.24, 2.45) is 10.9 Å². The molecule has 1 nitrogen and oxygen atoms in total. The highest BCUT2D eigenvalue weighted by Gasteiger charge is 2.21. The molecule has 0 aliphatic heterocycles. The van der Waals surface area contributed by atoms with Gasteiger partial charge < -0.3 is 0 Å². The highest BCUT2D eigenvalue weighted by Crippen LogP contribution is 2.36. The Morgan fingerprint density at radius 1 is 0.970 bits per heavy atom. The molecule has 4 rings (SSSR count). The predicted molar refractivity (Wildman–Crippen MR) is 146 cm³/mol. The van der Waals surface area contributed by atoms with Crippen LogP contribution in [0.5, 0.6) is 0 Å². The van der Waals surface area contributed by atoms with E-state index in [0.29, 0.717) is 0 Å². The molecule has 3 aromatic rings. The summed E-state index contributed by atoms with van der Waals surface area (Å²) < 4.78 is 0. The lowest BCUT2D eigenvalue weighted by atomic mass is 9.91. The van der Waals surface area contributed by atoms with Gasteiger partial charge in [0, 0.05) is 22.3 Å². The van der Waals surface area contributed by atoms with E-state index < -0.39 is 0 Å². The summed E-state index contributed by atoms with van der Waals surface area (Å²) in [5.74, 6) is 2.44. The van der Waals surface area contributed by atoms with Crippen LogP contribution in [-0.4, -0.2) is 11.5 Å². The number of thioether (sulfide) groups is 1. The topological polar surface area (TPSA) is 12.4 Å². The Bertz CT molecular complexity index is 1150. The number of hydrogen-bond donors (Lipinski definition) is 0. The molecule has 170 valence electrons. The molecule has 1 aliphatic rings. The third-order valence-corrected chi connectivity index (χ3v) is 7.91. The van der Waals surface area contributed by atoms with E-state index in [1.165, 1.54) is 56.9 Å². The average Bonchev–Trinajstić information content (AvgIpc) is 3.65. The molecule has 2 heteroatoms. The minimum absolute atomic E-state index is 0.243. The van der Waals surface area contributed by atoms with Gasteiger partial charge in [0.05, 0.1) is 5.69 Å². The number of benzene rings is 3. The van der Waals surface area contributed by atoms with Crippen LogP contribution in [-0.2, 0) is 0 Å². The van der Waals surface area contributed by atoms with E-state index in [-0.39, 0.29) is 5.92 Å². The Balaban J connectivity index is 1.65. The van der Waals surface area contributed by atoms with Gasteiger partial charge in [0.2, 0.25) is 0 Å². The van der Waals surface area contributed by atoms with E-state index >= 15 is 0 Å². The Kier molecular flexibility index (Phi) is 7.55. The summed E-state index contributed by atoms with van der Waals surface area (Å²) in [6.07, 6.45) is 5.75. The molecule has 1 fully saturated rings. The quantitative estimate of drug-likeness (QED) is 0.232. The summed E-state index contributed by atoms with van der Waals surface area (Å²) in [6.45, 7) is 12.9. The van der Waals surface area contributed by atoms with Crippen molar-refractivity contribution in [1.29, 1.82) is 0 Å². The largest absolute Gasteiger partial charge is 0.253 e. The summed E-state index contributed by atoms with van der Waals surface area (Å²) in [6, 6.07) is 22.2. The Morgan fingerprint density at radius 3 is 2.33 bits per heavy atom. The monoisotopic (exact) mass is 453 g/mol. The molecule has 0 radical (unpaired) electrons. The first-order chi connectivity index (χ1) is 16.0. The van der Waals surface area contributed by atoms with E-state index in [9.17, 15) is 0 Å². The summed E-state index contributed by atoms with van der Waals surface area (Å²) >= 11 is 1.99. The van der Waals surface area contributed by atoms with Gasteiger partial charge in [0.1, 0.15) is 0 Å². The second kappa shape index (κ2) is 10.6. The predicted octanol–water partition coefficient (Wildman–Crippen LogP) is 9.23. The van der Waals surface area contributed by atoms with E-state index in [1.807, 2.05) is 17.8 Å². The van der Waals surface area contributed by atoms with Crippen LogP contribution in [0.15, 0.2) is 83.2 Å². The van der Waals surface area contributed by atoms with E-state index in [1.54, 1.807) is 0 Å². The summed E-state index contributed by atoms with van der Waals surface area (Å²) in [4.78, 5) is 6.53. The molecule has 1 saturated carbocycles.